The molecule has 2 heterocycles. The maximum Gasteiger partial charge on any atom is 0.396 e. The lowest BCUT2D eigenvalue weighted by Gasteiger charge is -2.28. The summed E-state index contributed by atoms with van der Waals surface area (Å²) in [4.78, 5) is 11.7. The van der Waals surface area contributed by atoms with E-state index in [2.05, 4.69) is 4.43 Å². The summed E-state index contributed by atoms with van der Waals surface area (Å²) < 4.78 is 15.6. The average molecular weight is 281 g/mol. The van der Waals surface area contributed by atoms with Crippen LogP contribution in [0.1, 0.15) is 0 Å². The van der Waals surface area contributed by atoms with Gasteiger partial charge in [0, 0.05) is 17.7 Å². The summed E-state index contributed by atoms with van der Waals surface area (Å²) >= 11 is 0. The van der Waals surface area contributed by atoms with Crippen molar-refractivity contribution < 1.29 is 13.3 Å². The summed E-state index contributed by atoms with van der Waals surface area (Å²) in [6, 6.07) is 14.6. The maximum atomic E-state index is 11.7. The molecule has 0 saturated carbocycles. The van der Waals surface area contributed by atoms with E-state index >= 15 is 0 Å². The Morgan fingerprint density at radius 2 is 1.85 bits per heavy atom. The van der Waals surface area contributed by atoms with Gasteiger partial charge in [0.05, 0.1) is 11.8 Å². The zero-order chi connectivity index (χ0) is 13.5. The maximum absolute atomic E-state index is 11.7. The summed E-state index contributed by atoms with van der Waals surface area (Å²) in [5.41, 5.74) is 1.59. The van der Waals surface area contributed by atoms with E-state index in [1.807, 2.05) is 36.4 Å². The SMILES string of the molecule is O=c1cc2oc(-c3ccccc3)cc3c-2c(c1)O[Si-][OH+]3. The summed E-state index contributed by atoms with van der Waals surface area (Å²) in [7, 11) is -0.0213. The topological polar surface area (TPSA) is 52.2 Å². The van der Waals surface area contributed by atoms with Crippen LogP contribution in [0.5, 0.6) is 11.5 Å². The Morgan fingerprint density at radius 3 is 2.70 bits per heavy atom. The molecule has 97 valence electrons. The Balaban J connectivity index is 2.03. The molecule has 0 amide bonds. The highest BCUT2D eigenvalue weighted by molar-refractivity contribution is 6.21. The number of hydrogen-bond acceptors (Lipinski definition) is 3. The first kappa shape index (κ1) is 11.3. The molecule has 4 rings (SSSR count). The van der Waals surface area contributed by atoms with Gasteiger partial charge in [-0.15, -0.1) is 0 Å². The molecule has 5 heteroatoms. The van der Waals surface area contributed by atoms with Crippen molar-refractivity contribution in [1.29, 1.82) is 0 Å². The van der Waals surface area contributed by atoms with Crippen molar-refractivity contribution in [2.24, 2.45) is 0 Å². The fraction of sp³-hybridized carbons (Fsp3) is 0. The quantitative estimate of drug-likeness (QED) is 0.509. The van der Waals surface area contributed by atoms with Crippen LogP contribution in [-0.2, 0) is 0 Å². The Hall–Kier alpha value is -2.53. The first-order chi connectivity index (χ1) is 9.81. The first-order valence-corrected chi connectivity index (χ1v) is 6.97. The summed E-state index contributed by atoms with van der Waals surface area (Å²) in [5.74, 6) is 2.57. The van der Waals surface area contributed by atoms with Crippen LogP contribution in [0.25, 0.3) is 22.6 Å². The summed E-state index contributed by atoms with van der Waals surface area (Å²) in [6.07, 6.45) is 0. The standard InChI is InChI=1S/C15H9O4Si/c16-10-6-12-15-13(7-10)18-20-19-14(15)8-11(17-12)9-4-2-1-3-5-9/h1-8,19H. The molecular formula is C15H9O4Si. The van der Waals surface area contributed by atoms with Crippen LogP contribution in [0.4, 0.5) is 0 Å². The van der Waals surface area contributed by atoms with Crippen molar-refractivity contribution in [3.8, 4) is 34.1 Å². The van der Waals surface area contributed by atoms with Gasteiger partial charge in [0.25, 0.3) is 0 Å². The van der Waals surface area contributed by atoms with E-state index in [4.69, 9.17) is 8.84 Å². The lowest BCUT2D eigenvalue weighted by molar-refractivity contribution is 0.235. The van der Waals surface area contributed by atoms with Crippen LogP contribution in [-0.4, -0.2) is 14.4 Å². The third-order valence-electron chi connectivity index (χ3n) is 3.16. The molecule has 0 aromatic heterocycles. The highest BCUT2D eigenvalue weighted by Crippen LogP contribution is 2.44. The lowest BCUT2D eigenvalue weighted by Crippen LogP contribution is -2.17. The van der Waals surface area contributed by atoms with Crippen LogP contribution < -0.4 is 9.85 Å². The normalized spacial score (nSPS) is 12.8. The zero-order valence-electron chi connectivity index (χ0n) is 10.3. The van der Waals surface area contributed by atoms with Crippen molar-refractivity contribution in [2.75, 3.05) is 0 Å². The average Bonchev–Trinajstić information content (AvgIpc) is 2.48. The third-order valence-corrected chi connectivity index (χ3v) is 3.81. The van der Waals surface area contributed by atoms with Crippen LogP contribution in [0.3, 0.4) is 0 Å². The molecule has 1 radical (unpaired) electrons. The summed E-state index contributed by atoms with van der Waals surface area (Å²) in [6.45, 7) is 0. The van der Waals surface area contributed by atoms with E-state index in [1.54, 1.807) is 0 Å². The van der Waals surface area contributed by atoms with Gasteiger partial charge >= 0.3 is 10.0 Å². The minimum Gasteiger partial charge on any atom is -0.810 e. The molecule has 0 saturated heterocycles. The van der Waals surface area contributed by atoms with Gasteiger partial charge in [-0.1, -0.05) is 30.3 Å². The fourth-order valence-electron chi connectivity index (χ4n) is 2.28. The number of hydrogen-bond donors (Lipinski definition) is 0. The molecule has 0 unspecified atom stereocenters. The van der Waals surface area contributed by atoms with E-state index in [-0.39, 0.29) is 15.4 Å². The number of rotatable bonds is 1. The fourth-order valence-corrected chi connectivity index (χ4v) is 2.86. The molecule has 1 aliphatic carbocycles. The molecule has 4 nitrogen and oxygen atoms in total. The summed E-state index contributed by atoms with van der Waals surface area (Å²) in [5, 5.41) is 0. The van der Waals surface area contributed by atoms with Crippen molar-refractivity contribution in [3.63, 3.8) is 0 Å². The predicted octanol–water partition coefficient (Wildman–Crippen LogP) is 2.58. The van der Waals surface area contributed by atoms with Crippen LogP contribution in [0, 0.1) is 0 Å². The highest BCUT2D eigenvalue weighted by atomic mass is 28.3. The Morgan fingerprint density at radius 1 is 1.00 bits per heavy atom. The van der Waals surface area contributed by atoms with E-state index < -0.39 is 0 Å². The molecule has 1 aromatic rings. The van der Waals surface area contributed by atoms with Gasteiger partial charge in [-0.25, -0.2) is 0 Å². The zero-order valence-corrected chi connectivity index (χ0v) is 11.3. The van der Waals surface area contributed by atoms with Crippen LogP contribution >= 0.6 is 0 Å². The van der Waals surface area contributed by atoms with Crippen molar-refractivity contribution >= 4 is 10.0 Å². The van der Waals surface area contributed by atoms with Gasteiger partial charge in [-0.2, -0.15) is 0 Å². The van der Waals surface area contributed by atoms with Gasteiger partial charge in [0.15, 0.2) is 11.2 Å². The monoisotopic (exact) mass is 281 g/mol. The van der Waals surface area contributed by atoms with Gasteiger partial charge in [0.1, 0.15) is 11.3 Å². The van der Waals surface area contributed by atoms with Gasteiger partial charge < -0.3 is 13.3 Å². The number of benzene rings is 2. The minimum absolute atomic E-state index is 0.0213. The van der Waals surface area contributed by atoms with Crippen LogP contribution in [0.15, 0.2) is 57.7 Å². The predicted molar refractivity (Wildman–Crippen MR) is 75.1 cm³/mol. The molecule has 0 bridgehead atoms. The second-order valence-corrected chi connectivity index (χ2v) is 5.07. The van der Waals surface area contributed by atoms with Gasteiger partial charge in [0.2, 0.25) is 5.75 Å². The molecular weight excluding hydrogens is 272 g/mol. The minimum atomic E-state index is -0.126. The molecule has 0 fully saturated rings. The third kappa shape index (κ3) is 1.71. The molecule has 20 heavy (non-hydrogen) atoms. The Labute approximate surface area is 117 Å². The van der Waals surface area contributed by atoms with E-state index in [9.17, 15) is 4.79 Å². The van der Waals surface area contributed by atoms with Crippen molar-refractivity contribution in [1.82, 2.24) is 0 Å². The van der Waals surface area contributed by atoms with E-state index in [0.717, 1.165) is 16.9 Å². The van der Waals surface area contributed by atoms with Crippen molar-refractivity contribution in [3.05, 3.63) is 58.8 Å². The molecule has 0 atom stereocenters. The Bertz CT molecular complexity index is 810. The van der Waals surface area contributed by atoms with Crippen LogP contribution in [0.2, 0.25) is 0 Å². The van der Waals surface area contributed by atoms with Crippen molar-refractivity contribution in [2.45, 2.75) is 0 Å². The van der Waals surface area contributed by atoms with Gasteiger partial charge in [-0.05, 0) is 0 Å². The van der Waals surface area contributed by atoms with E-state index in [1.165, 1.54) is 12.1 Å². The number of aromatic hydroxyl groups is 1. The lowest BCUT2D eigenvalue weighted by atomic mass is 10.1. The second-order valence-electron chi connectivity index (χ2n) is 4.46. The molecule has 1 N–H and O–H groups in total. The smallest absolute Gasteiger partial charge is 0.396 e. The highest BCUT2D eigenvalue weighted by Gasteiger charge is 2.24. The molecule has 1 aromatic carbocycles. The largest absolute Gasteiger partial charge is 0.810 e. The molecule has 2 aliphatic heterocycles. The first-order valence-electron chi connectivity index (χ1n) is 6.11. The van der Waals surface area contributed by atoms with E-state index in [0.29, 0.717) is 17.3 Å². The second kappa shape index (κ2) is 4.24. The van der Waals surface area contributed by atoms with Gasteiger partial charge in [-0.3, -0.25) is 4.79 Å². The molecule has 0 spiro atoms. The molecule has 3 aliphatic rings. The Kier molecular flexibility index (Phi) is 2.40.